The molecule has 0 spiro atoms. The fraction of sp³-hybridized carbons (Fsp3) is 0.533. The van der Waals surface area contributed by atoms with Gasteiger partial charge in [0.05, 0.1) is 53.3 Å². The highest BCUT2D eigenvalue weighted by Crippen LogP contribution is 2.44. The molecule has 3 saturated heterocycles. The summed E-state index contributed by atoms with van der Waals surface area (Å²) >= 11 is 0. The normalized spacial score (nSPS) is 19.4. The van der Waals surface area contributed by atoms with Crippen LogP contribution in [-0.4, -0.2) is 114 Å². The topological polar surface area (TPSA) is 118 Å². The Morgan fingerprint density at radius 2 is 1.63 bits per heavy atom. The molecule has 1 unspecified atom stereocenters. The number of hydrogen-bond donors (Lipinski definition) is 0. The van der Waals surface area contributed by atoms with E-state index in [0.29, 0.717) is 42.3 Å². The van der Waals surface area contributed by atoms with Crippen LogP contribution in [0.5, 0.6) is 23.0 Å². The van der Waals surface area contributed by atoms with Crippen molar-refractivity contribution in [1.82, 2.24) is 14.8 Å². The number of nitrogens with zero attached hydrogens (tertiary/aromatic N) is 3. The zero-order valence-corrected chi connectivity index (χ0v) is 34.4. The molecule has 0 aliphatic carbocycles. The standard InChI is InChI=1S/C45H61N3O9/c1-7-33-30-48-23-19-34(33)28-39(48)44(36-18-20-46-38-16-15-35(51-3)29-37(36)38)57-31-43(50)56-25-13-9-11-22-47(2)21-10-8-12-24-55-42(49)17-14-32-26-40(52-4)45(54-6)41(27-32)53-5/h7,14-18,20,26-27,29,33-34,39,44H,1,8-13,19,21-25,28,30-31H2,2-6H3/b17-14+/t33-,34+,39+,44+/m1/s1. The molecule has 0 saturated carbocycles. The van der Waals surface area contributed by atoms with Gasteiger partial charge in [-0.05, 0) is 143 Å². The number of hydrogen-bond acceptors (Lipinski definition) is 12. The molecule has 2 aromatic carbocycles. The minimum atomic E-state index is -0.394. The van der Waals surface area contributed by atoms with Gasteiger partial charge in [-0.3, -0.25) is 9.88 Å². The Labute approximate surface area is 338 Å². The number of fused-ring (bicyclic) bond motifs is 4. The molecule has 3 aromatic rings. The number of carbonyl (C=O) groups is 2. The van der Waals surface area contributed by atoms with Gasteiger partial charge in [-0.1, -0.05) is 6.08 Å². The third-order valence-electron chi connectivity index (χ3n) is 11.1. The molecular formula is C45H61N3O9. The van der Waals surface area contributed by atoms with Gasteiger partial charge in [0, 0.05) is 30.2 Å². The number of unbranched alkanes of at least 4 members (excludes halogenated alkanes) is 4. The molecule has 0 amide bonds. The Morgan fingerprint density at radius 1 is 0.912 bits per heavy atom. The fourth-order valence-corrected chi connectivity index (χ4v) is 8.02. The minimum Gasteiger partial charge on any atom is -0.497 e. The number of aromatic nitrogens is 1. The van der Waals surface area contributed by atoms with Crippen molar-refractivity contribution in [3.63, 3.8) is 0 Å². The molecular weight excluding hydrogens is 727 g/mol. The highest BCUT2D eigenvalue weighted by atomic mass is 16.6. The van der Waals surface area contributed by atoms with Gasteiger partial charge >= 0.3 is 11.9 Å². The SMILES string of the molecule is C=C[C@@H]1CN2CC[C@H]1C[C@H]2[C@@H](OCC(=O)OCCCCCN(C)CCCCCOC(=O)/C=C/c1cc(OC)c(OC)c(OC)c1)c1ccnc2ccc(OC)cc12. The smallest absolute Gasteiger partial charge is 0.332 e. The Morgan fingerprint density at radius 3 is 2.26 bits per heavy atom. The zero-order chi connectivity index (χ0) is 40.6. The Kier molecular flexibility index (Phi) is 17.0. The van der Waals surface area contributed by atoms with Crippen molar-refractivity contribution in [2.45, 2.75) is 63.5 Å². The van der Waals surface area contributed by atoms with E-state index in [4.69, 9.17) is 33.2 Å². The van der Waals surface area contributed by atoms with E-state index in [1.54, 1.807) is 46.6 Å². The van der Waals surface area contributed by atoms with Gasteiger partial charge < -0.3 is 38.1 Å². The van der Waals surface area contributed by atoms with Crippen LogP contribution in [0.4, 0.5) is 0 Å². The van der Waals surface area contributed by atoms with Gasteiger partial charge in [-0.2, -0.15) is 0 Å². The third-order valence-corrected chi connectivity index (χ3v) is 11.1. The first kappa shape index (κ1) is 43.5. The molecule has 1 aromatic heterocycles. The van der Waals surface area contributed by atoms with Crippen molar-refractivity contribution in [3.05, 3.63) is 72.5 Å². The number of piperidine rings is 3. The van der Waals surface area contributed by atoms with Crippen molar-refractivity contribution in [3.8, 4) is 23.0 Å². The van der Waals surface area contributed by atoms with Crippen LogP contribution in [0.25, 0.3) is 17.0 Å². The highest BCUT2D eigenvalue weighted by molar-refractivity contribution is 5.87. The van der Waals surface area contributed by atoms with Crippen molar-refractivity contribution in [1.29, 1.82) is 0 Å². The van der Waals surface area contributed by atoms with Crippen LogP contribution in [0.2, 0.25) is 0 Å². The van der Waals surface area contributed by atoms with Crippen molar-refractivity contribution >= 4 is 28.9 Å². The Bertz CT molecular complexity index is 1770. The van der Waals surface area contributed by atoms with Crippen LogP contribution >= 0.6 is 0 Å². The van der Waals surface area contributed by atoms with E-state index in [9.17, 15) is 9.59 Å². The van der Waals surface area contributed by atoms with Crippen LogP contribution in [0.1, 0.15) is 68.6 Å². The number of benzene rings is 2. The first-order chi connectivity index (χ1) is 27.8. The van der Waals surface area contributed by atoms with Crippen molar-refractivity contribution < 1.29 is 42.7 Å². The van der Waals surface area contributed by atoms with E-state index >= 15 is 0 Å². The molecule has 0 radical (unpaired) electrons. The highest BCUT2D eigenvalue weighted by Gasteiger charge is 2.43. The molecule has 2 bridgehead atoms. The summed E-state index contributed by atoms with van der Waals surface area (Å²) in [5.74, 6) is 2.60. The van der Waals surface area contributed by atoms with Gasteiger partial charge in [0.1, 0.15) is 12.4 Å². The number of rotatable bonds is 24. The summed E-state index contributed by atoms with van der Waals surface area (Å²) in [7, 11) is 8.43. The lowest BCUT2D eigenvalue weighted by Crippen LogP contribution is -2.55. The van der Waals surface area contributed by atoms with E-state index < -0.39 is 5.97 Å². The summed E-state index contributed by atoms with van der Waals surface area (Å²) < 4.78 is 39.1. The lowest BCUT2D eigenvalue weighted by Gasteiger charge is -2.51. The van der Waals surface area contributed by atoms with E-state index in [0.717, 1.165) is 105 Å². The van der Waals surface area contributed by atoms with Crippen LogP contribution in [0, 0.1) is 11.8 Å². The summed E-state index contributed by atoms with van der Waals surface area (Å²) in [6.07, 6.45) is 14.4. The maximum absolute atomic E-state index is 13.0. The minimum absolute atomic E-state index is 0.105. The summed E-state index contributed by atoms with van der Waals surface area (Å²) in [5, 5.41) is 0.975. The maximum atomic E-state index is 13.0. The quantitative estimate of drug-likeness (QED) is 0.0393. The monoisotopic (exact) mass is 787 g/mol. The first-order valence-corrected chi connectivity index (χ1v) is 20.2. The number of carbonyl (C=O) groups excluding carboxylic acids is 2. The van der Waals surface area contributed by atoms with E-state index in [1.807, 2.05) is 30.5 Å². The maximum Gasteiger partial charge on any atom is 0.332 e. The largest absolute Gasteiger partial charge is 0.497 e. The summed E-state index contributed by atoms with van der Waals surface area (Å²) in [6.45, 7) is 8.64. The second-order valence-corrected chi connectivity index (χ2v) is 14.9. The second kappa shape index (κ2) is 22.3. The zero-order valence-electron chi connectivity index (χ0n) is 34.4. The first-order valence-electron chi connectivity index (χ1n) is 20.2. The summed E-state index contributed by atoms with van der Waals surface area (Å²) in [6, 6.07) is 11.6. The molecule has 0 N–H and O–H groups in total. The molecule has 57 heavy (non-hydrogen) atoms. The van der Waals surface area contributed by atoms with Gasteiger partial charge in [0.2, 0.25) is 5.75 Å². The lowest BCUT2D eigenvalue weighted by atomic mass is 9.73. The molecule has 3 aliphatic rings. The predicted molar refractivity (Wildman–Crippen MR) is 221 cm³/mol. The van der Waals surface area contributed by atoms with Crippen LogP contribution < -0.4 is 18.9 Å². The van der Waals surface area contributed by atoms with Crippen molar-refractivity contribution in [2.24, 2.45) is 11.8 Å². The molecule has 6 rings (SSSR count). The van der Waals surface area contributed by atoms with Gasteiger partial charge in [0.15, 0.2) is 11.5 Å². The van der Waals surface area contributed by atoms with E-state index in [1.165, 1.54) is 6.08 Å². The van der Waals surface area contributed by atoms with Gasteiger partial charge in [-0.15, -0.1) is 6.58 Å². The van der Waals surface area contributed by atoms with Gasteiger partial charge in [-0.25, -0.2) is 9.59 Å². The molecule has 3 fully saturated rings. The van der Waals surface area contributed by atoms with E-state index in [-0.39, 0.29) is 24.7 Å². The molecule has 12 heteroatoms. The molecule has 310 valence electrons. The van der Waals surface area contributed by atoms with Crippen LogP contribution in [-0.2, 0) is 23.8 Å². The second-order valence-electron chi connectivity index (χ2n) is 14.9. The number of methoxy groups -OCH3 is 4. The number of ether oxygens (including phenoxy) is 7. The van der Waals surface area contributed by atoms with E-state index in [2.05, 4.69) is 34.5 Å². The molecule has 5 atom stereocenters. The Balaban J connectivity index is 0.962. The fourth-order valence-electron chi connectivity index (χ4n) is 8.02. The number of pyridine rings is 1. The summed E-state index contributed by atoms with van der Waals surface area (Å²) in [5.41, 5.74) is 2.62. The number of esters is 2. The average molecular weight is 788 g/mol. The van der Waals surface area contributed by atoms with Crippen LogP contribution in [0.15, 0.2) is 61.3 Å². The molecule has 3 aliphatic heterocycles. The summed E-state index contributed by atoms with van der Waals surface area (Å²) in [4.78, 5) is 34.6. The van der Waals surface area contributed by atoms with Crippen LogP contribution in [0.3, 0.4) is 0 Å². The lowest BCUT2D eigenvalue weighted by molar-refractivity contribution is -0.155. The Hall–Kier alpha value is -4.65. The molecule has 4 heterocycles. The van der Waals surface area contributed by atoms with Gasteiger partial charge in [0.25, 0.3) is 0 Å². The average Bonchev–Trinajstić information content (AvgIpc) is 3.24. The van der Waals surface area contributed by atoms with Crippen molar-refractivity contribution in [2.75, 3.05) is 81.5 Å². The third kappa shape index (κ3) is 12.2. The predicted octanol–water partition coefficient (Wildman–Crippen LogP) is 7.30. The molecule has 12 nitrogen and oxygen atoms in total.